The molecule has 0 saturated carbocycles. The van der Waals surface area contributed by atoms with Crippen molar-refractivity contribution in [3.8, 4) is 5.69 Å². The number of hydrogen-bond donors (Lipinski definition) is 2. The molecule has 0 bridgehead atoms. The van der Waals surface area contributed by atoms with Gasteiger partial charge in [0.25, 0.3) is 5.91 Å². The van der Waals surface area contributed by atoms with Crippen LogP contribution in [0.15, 0.2) is 36.7 Å². The highest BCUT2D eigenvalue weighted by molar-refractivity contribution is 5.93. The zero-order valence-electron chi connectivity index (χ0n) is 16.8. The molecule has 7 nitrogen and oxygen atoms in total. The number of para-hydroxylation sites is 1. The van der Waals surface area contributed by atoms with Crippen molar-refractivity contribution in [3.63, 3.8) is 0 Å². The van der Waals surface area contributed by atoms with Crippen LogP contribution in [-0.4, -0.2) is 40.0 Å². The molecule has 0 saturated heterocycles. The number of hydrogen-bond acceptors (Lipinski definition) is 4. The third kappa shape index (κ3) is 6.07. The summed E-state index contributed by atoms with van der Waals surface area (Å²) in [6.07, 6.45) is 2.29. The number of nitrogens with zero attached hydrogens (tertiary/aromatic N) is 2. The van der Waals surface area contributed by atoms with E-state index in [1.165, 1.54) is 23.1 Å². The van der Waals surface area contributed by atoms with E-state index in [-0.39, 0.29) is 30.1 Å². The molecule has 0 aliphatic rings. The molecule has 0 aliphatic heterocycles. The van der Waals surface area contributed by atoms with Crippen LogP contribution >= 0.6 is 0 Å². The summed E-state index contributed by atoms with van der Waals surface area (Å²) >= 11 is 0. The van der Waals surface area contributed by atoms with Crippen LogP contribution in [0.3, 0.4) is 0 Å². The van der Waals surface area contributed by atoms with Gasteiger partial charge in [-0.05, 0) is 38.8 Å². The molecule has 2 amide bonds. The SMILES string of the molecule is CC(C)C(CNC(=O)c1cnn(-c2ccccc2F)c1)NC(=O)OC(C)(C)C. The van der Waals surface area contributed by atoms with Crippen molar-refractivity contribution in [2.45, 2.75) is 46.3 Å². The maximum absolute atomic E-state index is 13.9. The minimum Gasteiger partial charge on any atom is -0.444 e. The van der Waals surface area contributed by atoms with E-state index in [1.54, 1.807) is 39.0 Å². The van der Waals surface area contributed by atoms with E-state index >= 15 is 0 Å². The van der Waals surface area contributed by atoms with Gasteiger partial charge in [-0.1, -0.05) is 26.0 Å². The summed E-state index contributed by atoms with van der Waals surface area (Å²) in [6.45, 7) is 9.44. The molecule has 1 aromatic heterocycles. The molecule has 2 aromatic rings. The highest BCUT2D eigenvalue weighted by Gasteiger charge is 2.22. The van der Waals surface area contributed by atoms with Crippen molar-refractivity contribution in [3.05, 3.63) is 48.0 Å². The molecule has 1 unspecified atom stereocenters. The fourth-order valence-electron chi connectivity index (χ4n) is 2.43. The number of carbonyl (C=O) groups is 2. The number of carbonyl (C=O) groups excluding carboxylic acids is 2. The van der Waals surface area contributed by atoms with E-state index in [1.807, 2.05) is 13.8 Å². The lowest BCUT2D eigenvalue weighted by atomic mass is 10.0. The molecule has 0 fully saturated rings. The van der Waals surface area contributed by atoms with E-state index in [9.17, 15) is 14.0 Å². The van der Waals surface area contributed by atoms with Gasteiger partial charge in [0, 0.05) is 12.7 Å². The van der Waals surface area contributed by atoms with Crippen LogP contribution in [0.1, 0.15) is 45.0 Å². The van der Waals surface area contributed by atoms with E-state index in [4.69, 9.17) is 4.74 Å². The maximum atomic E-state index is 13.9. The third-order valence-electron chi connectivity index (χ3n) is 3.93. The number of nitrogens with one attached hydrogen (secondary N) is 2. The van der Waals surface area contributed by atoms with Gasteiger partial charge >= 0.3 is 6.09 Å². The van der Waals surface area contributed by atoms with Gasteiger partial charge < -0.3 is 15.4 Å². The number of ether oxygens (including phenoxy) is 1. The summed E-state index contributed by atoms with van der Waals surface area (Å²) in [4.78, 5) is 24.4. The van der Waals surface area contributed by atoms with Crippen molar-refractivity contribution in [1.82, 2.24) is 20.4 Å². The third-order valence-corrected chi connectivity index (χ3v) is 3.93. The number of aromatic nitrogens is 2. The second-order valence-electron chi connectivity index (χ2n) is 7.83. The molecule has 2 rings (SSSR count). The summed E-state index contributed by atoms with van der Waals surface area (Å²) in [5.74, 6) is -0.716. The molecular weight excluding hydrogens is 363 g/mol. The van der Waals surface area contributed by atoms with Crippen LogP contribution < -0.4 is 10.6 Å². The fraction of sp³-hybridized carbons (Fsp3) is 0.450. The van der Waals surface area contributed by atoms with Gasteiger partial charge in [0.2, 0.25) is 0 Å². The second-order valence-corrected chi connectivity index (χ2v) is 7.83. The first kappa shape index (κ1) is 21.4. The Balaban J connectivity index is 1.98. The second kappa shape index (κ2) is 8.86. The normalized spacial score (nSPS) is 12.5. The lowest BCUT2D eigenvalue weighted by Gasteiger charge is -2.26. The van der Waals surface area contributed by atoms with Crippen molar-refractivity contribution >= 4 is 12.0 Å². The quantitative estimate of drug-likeness (QED) is 0.793. The Morgan fingerprint density at radius 2 is 1.93 bits per heavy atom. The zero-order chi connectivity index (χ0) is 20.9. The van der Waals surface area contributed by atoms with E-state index in [0.717, 1.165) is 0 Å². The Hall–Kier alpha value is -2.90. The number of rotatable bonds is 6. The molecule has 1 heterocycles. The average Bonchev–Trinajstić information content (AvgIpc) is 3.06. The number of benzene rings is 1. The number of amides is 2. The Morgan fingerprint density at radius 3 is 2.54 bits per heavy atom. The smallest absolute Gasteiger partial charge is 0.407 e. The van der Waals surface area contributed by atoms with Gasteiger partial charge in [0.1, 0.15) is 17.1 Å². The van der Waals surface area contributed by atoms with Crippen LogP contribution in [0.25, 0.3) is 5.69 Å². The Kier molecular flexibility index (Phi) is 6.77. The van der Waals surface area contributed by atoms with Crippen molar-refractivity contribution in [2.24, 2.45) is 5.92 Å². The topological polar surface area (TPSA) is 85.3 Å². The largest absolute Gasteiger partial charge is 0.444 e. The van der Waals surface area contributed by atoms with Gasteiger partial charge in [-0.3, -0.25) is 4.79 Å². The highest BCUT2D eigenvalue weighted by Crippen LogP contribution is 2.13. The van der Waals surface area contributed by atoms with Crippen LogP contribution in [0.5, 0.6) is 0 Å². The van der Waals surface area contributed by atoms with Crippen LogP contribution in [0.4, 0.5) is 9.18 Å². The Morgan fingerprint density at radius 1 is 1.25 bits per heavy atom. The first-order valence-corrected chi connectivity index (χ1v) is 9.14. The minimum absolute atomic E-state index is 0.0777. The molecule has 1 atom stereocenters. The van der Waals surface area contributed by atoms with Gasteiger partial charge in [-0.25, -0.2) is 13.9 Å². The predicted molar refractivity (Wildman–Crippen MR) is 104 cm³/mol. The molecular formula is C20H27FN4O3. The standard InChI is InChI=1S/C20H27FN4O3/c1-13(2)16(24-19(27)28-20(3,4)5)11-22-18(26)14-10-23-25(12-14)17-9-7-6-8-15(17)21/h6-10,12-13,16H,11H2,1-5H3,(H,22,26)(H,24,27). The minimum atomic E-state index is -0.601. The lowest BCUT2D eigenvalue weighted by Crippen LogP contribution is -2.48. The molecule has 2 N–H and O–H groups in total. The Labute approximate surface area is 164 Å². The average molecular weight is 390 g/mol. The van der Waals surface area contributed by atoms with E-state index in [2.05, 4.69) is 15.7 Å². The molecule has 28 heavy (non-hydrogen) atoms. The molecule has 8 heteroatoms. The first-order chi connectivity index (χ1) is 13.1. The molecule has 1 aromatic carbocycles. The molecule has 152 valence electrons. The molecule has 0 spiro atoms. The van der Waals surface area contributed by atoms with Gasteiger partial charge in [0.15, 0.2) is 0 Å². The maximum Gasteiger partial charge on any atom is 0.407 e. The van der Waals surface area contributed by atoms with Gasteiger partial charge in [0.05, 0.1) is 17.8 Å². The summed E-state index contributed by atoms with van der Waals surface area (Å²) < 4.78 is 20.4. The Bertz CT molecular complexity index is 827. The van der Waals surface area contributed by atoms with Gasteiger partial charge in [-0.2, -0.15) is 5.10 Å². The summed E-state index contributed by atoms with van der Waals surface area (Å²) in [5.41, 5.74) is -0.0490. The van der Waals surface area contributed by atoms with E-state index in [0.29, 0.717) is 5.56 Å². The fourth-order valence-corrected chi connectivity index (χ4v) is 2.43. The molecule has 0 aliphatic carbocycles. The van der Waals surface area contributed by atoms with Crippen LogP contribution in [0, 0.1) is 11.7 Å². The predicted octanol–water partition coefficient (Wildman–Crippen LogP) is 3.29. The number of halogens is 1. The monoisotopic (exact) mass is 390 g/mol. The van der Waals surface area contributed by atoms with Gasteiger partial charge in [-0.15, -0.1) is 0 Å². The van der Waals surface area contributed by atoms with Crippen LogP contribution in [-0.2, 0) is 4.74 Å². The number of alkyl carbamates (subject to hydrolysis) is 1. The van der Waals surface area contributed by atoms with E-state index < -0.39 is 17.5 Å². The first-order valence-electron chi connectivity index (χ1n) is 9.14. The van der Waals surface area contributed by atoms with Crippen molar-refractivity contribution < 1.29 is 18.7 Å². The molecule has 0 radical (unpaired) electrons. The van der Waals surface area contributed by atoms with Crippen molar-refractivity contribution in [1.29, 1.82) is 0 Å². The summed E-state index contributed by atoms with van der Waals surface area (Å²) in [5, 5.41) is 9.59. The summed E-state index contributed by atoms with van der Waals surface area (Å²) in [7, 11) is 0. The lowest BCUT2D eigenvalue weighted by molar-refractivity contribution is 0.0487. The van der Waals surface area contributed by atoms with Crippen LogP contribution in [0.2, 0.25) is 0 Å². The zero-order valence-corrected chi connectivity index (χ0v) is 16.8. The highest BCUT2D eigenvalue weighted by atomic mass is 19.1. The summed E-state index contributed by atoms with van der Waals surface area (Å²) in [6, 6.07) is 5.87. The van der Waals surface area contributed by atoms with Crippen molar-refractivity contribution in [2.75, 3.05) is 6.54 Å².